The zero-order valence-corrected chi connectivity index (χ0v) is 12.1. The number of hydrogen-bond acceptors (Lipinski definition) is 5. The molecule has 0 aromatic carbocycles. The second kappa shape index (κ2) is 5.08. The number of hydrogen-bond donors (Lipinski definition) is 1. The summed E-state index contributed by atoms with van der Waals surface area (Å²) >= 11 is 1.40. The number of carbonyl (C=O) groups excluding carboxylic acids is 1. The average Bonchev–Trinajstić information content (AvgIpc) is 2.18. The lowest BCUT2D eigenvalue weighted by Crippen LogP contribution is -2.55. The number of nitrogens with zero attached hydrogens (tertiary/aromatic N) is 3. The number of amidine groups is 1. The van der Waals surface area contributed by atoms with Crippen LogP contribution in [0, 0.1) is 5.41 Å². The van der Waals surface area contributed by atoms with Gasteiger partial charge in [-0.1, -0.05) is 32.5 Å². The lowest BCUT2D eigenvalue weighted by molar-refractivity contribution is -0.133. The van der Waals surface area contributed by atoms with Crippen molar-refractivity contribution in [3.05, 3.63) is 0 Å². The molecule has 0 radical (unpaired) electrons. The number of thioether (sulfide) groups is 1. The van der Waals surface area contributed by atoms with Crippen LogP contribution in [0.3, 0.4) is 0 Å². The average molecular weight is 256 g/mol. The Labute approximate surface area is 107 Å². The second-order valence-electron chi connectivity index (χ2n) is 5.22. The Morgan fingerprint density at radius 1 is 1.47 bits per heavy atom. The fourth-order valence-electron chi connectivity index (χ4n) is 1.43. The number of hydrazone groups is 2. The summed E-state index contributed by atoms with van der Waals surface area (Å²) in [6, 6.07) is -0.346. The molecule has 1 atom stereocenters. The summed E-state index contributed by atoms with van der Waals surface area (Å²) in [5.74, 6) is -0.0574. The van der Waals surface area contributed by atoms with Crippen LogP contribution in [0.2, 0.25) is 0 Å². The maximum absolute atomic E-state index is 12.3. The van der Waals surface area contributed by atoms with E-state index in [-0.39, 0.29) is 17.4 Å². The van der Waals surface area contributed by atoms with Crippen LogP contribution in [0.1, 0.15) is 34.6 Å². The van der Waals surface area contributed by atoms with Gasteiger partial charge in [-0.2, -0.15) is 15.2 Å². The molecule has 0 aromatic rings. The maximum Gasteiger partial charge on any atom is 0.273 e. The molecule has 96 valence electrons. The zero-order valence-electron chi connectivity index (χ0n) is 11.2. The standard InChI is InChI=1S/C11H20N4OS/c1-7(2)14-15-9(16)8(11(3,4)5)12-13-10(15)17-6/h8,12H,1-6H3. The molecule has 0 saturated heterocycles. The Morgan fingerprint density at radius 2 is 2.06 bits per heavy atom. The molecule has 1 aliphatic rings. The van der Waals surface area contributed by atoms with E-state index in [9.17, 15) is 4.79 Å². The smallest absolute Gasteiger partial charge is 0.273 e. The highest BCUT2D eigenvalue weighted by atomic mass is 32.2. The van der Waals surface area contributed by atoms with E-state index < -0.39 is 0 Å². The molecule has 1 aliphatic heterocycles. The van der Waals surface area contributed by atoms with Gasteiger partial charge in [0.25, 0.3) is 5.91 Å². The Kier molecular flexibility index (Phi) is 4.19. The van der Waals surface area contributed by atoms with E-state index in [0.29, 0.717) is 5.17 Å². The van der Waals surface area contributed by atoms with Crippen LogP contribution in [0.4, 0.5) is 0 Å². The fourth-order valence-corrected chi connectivity index (χ4v) is 1.87. The van der Waals surface area contributed by atoms with Crippen molar-refractivity contribution in [2.75, 3.05) is 6.26 Å². The Morgan fingerprint density at radius 3 is 2.47 bits per heavy atom. The SMILES string of the molecule is CSC1=NNC(C(C)(C)C)C(=O)N1N=C(C)C. The molecule has 1 rings (SSSR count). The van der Waals surface area contributed by atoms with Crippen molar-refractivity contribution in [1.82, 2.24) is 10.4 Å². The lowest BCUT2D eigenvalue weighted by atomic mass is 9.86. The minimum atomic E-state index is -0.346. The molecule has 17 heavy (non-hydrogen) atoms. The van der Waals surface area contributed by atoms with Crippen molar-refractivity contribution < 1.29 is 4.79 Å². The minimum Gasteiger partial charge on any atom is -0.294 e. The van der Waals surface area contributed by atoms with Crippen molar-refractivity contribution in [1.29, 1.82) is 0 Å². The third kappa shape index (κ3) is 3.21. The predicted octanol–water partition coefficient (Wildman–Crippen LogP) is 1.86. The van der Waals surface area contributed by atoms with Crippen molar-refractivity contribution >= 4 is 28.5 Å². The van der Waals surface area contributed by atoms with Crippen LogP contribution in [0.25, 0.3) is 0 Å². The van der Waals surface area contributed by atoms with Crippen LogP contribution in [-0.4, -0.2) is 34.1 Å². The molecule has 0 aromatic heterocycles. The van der Waals surface area contributed by atoms with Gasteiger partial charge in [-0.25, -0.2) is 0 Å². The molecule has 0 spiro atoms. The van der Waals surface area contributed by atoms with Crippen molar-refractivity contribution in [2.24, 2.45) is 15.6 Å². The molecular weight excluding hydrogens is 236 g/mol. The van der Waals surface area contributed by atoms with Gasteiger partial charge < -0.3 is 0 Å². The zero-order chi connectivity index (χ0) is 13.2. The number of carbonyl (C=O) groups is 1. The molecule has 1 amide bonds. The molecule has 6 heteroatoms. The van der Waals surface area contributed by atoms with Crippen LogP contribution in [0.5, 0.6) is 0 Å². The first kappa shape index (κ1) is 14.0. The molecule has 1 unspecified atom stereocenters. The normalized spacial score (nSPS) is 20.8. The second-order valence-corrected chi connectivity index (χ2v) is 6.00. The Bertz CT molecular complexity index is 366. The van der Waals surface area contributed by atoms with Crippen molar-refractivity contribution in [2.45, 2.75) is 40.7 Å². The van der Waals surface area contributed by atoms with Crippen LogP contribution < -0.4 is 5.43 Å². The number of nitrogens with one attached hydrogen (secondary N) is 1. The molecular formula is C11H20N4OS. The molecule has 0 fully saturated rings. The number of amides is 1. The largest absolute Gasteiger partial charge is 0.294 e. The third-order valence-corrected chi connectivity index (χ3v) is 2.90. The predicted molar refractivity (Wildman–Crippen MR) is 73.0 cm³/mol. The maximum atomic E-state index is 12.3. The van der Waals surface area contributed by atoms with E-state index in [4.69, 9.17) is 0 Å². The Balaban J connectivity index is 3.08. The van der Waals surface area contributed by atoms with E-state index in [1.807, 2.05) is 40.9 Å². The summed E-state index contributed by atoms with van der Waals surface area (Å²) in [6.45, 7) is 9.73. The lowest BCUT2D eigenvalue weighted by Gasteiger charge is -2.35. The summed E-state index contributed by atoms with van der Waals surface area (Å²) in [6.07, 6.45) is 1.87. The van der Waals surface area contributed by atoms with Gasteiger partial charge in [0, 0.05) is 5.71 Å². The highest BCUT2D eigenvalue weighted by molar-refractivity contribution is 8.13. The van der Waals surface area contributed by atoms with Crippen molar-refractivity contribution in [3.8, 4) is 0 Å². The van der Waals surface area contributed by atoms with Gasteiger partial charge in [-0.15, -0.1) is 0 Å². The van der Waals surface area contributed by atoms with Gasteiger partial charge in [-0.05, 0) is 25.5 Å². The van der Waals surface area contributed by atoms with Gasteiger partial charge >= 0.3 is 0 Å². The summed E-state index contributed by atoms with van der Waals surface area (Å²) < 4.78 is 0. The number of rotatable bonds is 1. The third-order valence-electron chi connectivity index (χ3n) is 2.27. The van der Waals surface area contributed by atoms with E-state index in [1.165, 1.54) is 16.8 Å². The van der Waals surface area contributed by atoms with E-state index in [0.717, 1.165) is 5.71 Å². The topological polar surface area (TPSA) is 57.1 Å². The van der Waals surface area contributed by atoms with Gasteiger partial charge in [0.05, 0.1) is 0 Å². The van der Waals surface area contributed by atoms with Gasteiger partial charge in [-0.3, -0.25) is 10.2 Å². The van der Waals surface area contributed by atoms with Crippen LogP contribution in [0.15, 0.2) is 10.2 Å². The molecule has 1 N–H and O–H groups in total. The monoisotopic (exact) mass is 256 g/mol. The van der Waals surface area contributed by atoms with Crippen LogP contribution >= 0.6 is 11.8 Å². The first-order valence-electron chi connectivity index (χ1n) is 5.50. The summed E-state index contributed by atoms with van der Waals surface area (Å²) in [4.78, 5) is 12.3. The quantitative estimate of drug-likeness (QED) is 0.729. The minimum absolute atomic E-state index is 0.0574. The highest BCUT2D eigenvalue weighted by Crippen LogP contribution is 2.25. The van der Waals surface area contributed by atoms with E-state index in [2.05, 4.69) is 15.6 Å². The fraction of sp³-hybridized carbons (Fsp3) is 0.727. The Hall–Kier alpha value is -1.04. The highest BCUT2D eigenvalue weighted by Gasteiger charge is 2.39. The van der Waals surface area contributed by atoms with Crippen molar-refractivity contribution in [3.63, 3.8) is 0 Å². The molecule has 5 nitrogen and oxygen atoms in total. The van der Waals surface area contributed by atoms with E-state index >= 15 is 0 Å². The first-order valence-corrected chi connectivity index (χ1v) is 6.73. The summed E-state index contributed by atoms with van der Waals surface area (Å²) in [5.41, 5.74) is 3.55. The van der Waals surface area contributed by atoms with Gasteiger partial charge in [0.1, 0.15) is 6.04 Å². The molecule has 0 aliphatic carbocycles. The summed E-state index contributed by atoms with van der Waals surface area (Å²) in [7, 11) is 0. The van der Waals surface area contributed by atoms with Gasteiger partial charge in [0.15, 0.2) is 0 Å². The van der Waals surface area contributed by atoms with E-state index in [1.54, 1.807) is 0 Å². The van der Waals surface area contributed by atoms with Gasteiger partial charge in [0.2, 0.25) is 5.17 Å². The summed E-state index contributed by atoms with van der Waals surface area (Å²) in [5, 5.41) is 10.4. The molecule has 0 bridgehead atoms. The first-order chi connectivity index (χ1) is 7.77. The molecule has 1 heterocycles. The van der Waals surface area contributed by atoms with Crippen LogP contribution in [-0.2, 0) is 4.79 Å². The molecule has 0 saturated carbocycles.